The molecule has 23 heavy (non-hydrogen) atoms. The third kappa shape index (κ3) is 5.09. The molecule has 0 aromatic carbocycles. The van der Waals surface area contributed by atoms with Crippen molar-refractivity contribution in [1.82, 2.24) is 9.47 Å². The fourth-order valence-electron chi connectivity index (χ4n) is 2.78. The van der Waals surface area contributed by atoms with Crippen molar-refractivity contribution in [1.29, 1.82) is 0 Å². The van der Waals surface area contributed by atoms with Crippen molar-refractivity contribution in [3.05, 3.63) is 32.7 Å². The molecule has 0 radical (unpaired) electrons. The van der Waals surface area contributed by atoms with E-state index in [2.05, 4.69) is 15.9 Å². The highest BCUT2D eigenvalue weighted by Crippen LogP contribution is 2.21. The van der Waals surface area contributed by atoms with Crippen LogP contribution in [0.3, 0.4) is 0 Å². The van der Waals surface area contributed by atoms with Crippen LogP contribution in [0.4, 0.5) is 4.79 Å². The molecule has 1 saturated heterocycles. The molecule has 1 fully saturated rings. The van der Waals surface area contributed by atoms with Crippen LogP contribution < -0.4 is 5.56 Å². The SMILES string of the molecule is Cc1cc(Br)c(=O)n(CC2CCN(C(=O)OC(C)(C)C)CC2)c1. The molecule has 0 aliphatic carbocycles. The van der Waals surface area contributed by atoms with Gasteiger partial charge in [-0.25, -0.2) is 4.79 Å². The zero-order chi connectivity index (χ0) is 17.2. The van der Waals surface area contributed by atoms with E-state index in [1.165, 1.54) is 0 Å². The molecule has 1 aromatic heterocycles. The topological polar surface area (TPSA) is 51.5 Å². The number of aryl methyl sites for hydroxylation is 1. The number of halogens is 1. The maximum Gasteiger partial charge on any atom is 0.410 e. The molecule has 0 unspecified atom stereocenters. The molecule has 2 heterocycles. The van der Waals surface area contributed by atoms with Gasteiger partial charge in [0.15, 0.2) is 0 Å². The second-order valence-electron chi connectivity index (χ2n) is 7.23. The summed E-state index contributed by atoms with van der Waals surface area (Å²) in [5.74, 6) is 0.403. The van der Waals surface area contributed by atoms with Crippen LogP contribution in [0.15, 0.2) is 21.5 Å². The van der Waals surface area contributed by atoms with Gasteiger partial charge in [-0.1, -0.05) is 0 Å². The van der Waals surface area contributed by atoms with Crippen LogP contribution in [0, 0.1) is 12.8 Å². The maximum atomic E-state index is 12.2. The lowest BCUT2D eigenvalue weighted by Crippen LogP contribution is -2.42. The molecule has 0 spiro atoms. The standard InChI is InChI=1S/C17H25BrN2O3/c1-12-9-14(18)15(21)20(10-12)11-13-5-7-19(8-6-13)16(22)23-17(2,3)4/h9-10,13H,5-8,11H2,1-4H3. The number of amides is 1. The van der Waals surface area contributed by atoms with E-state index in [0.29, 0.717) is 30.0 Å². The number of likely N-dealkylation sites (tertiary alicyclic amines) is 1. The minimum Gasteiger partial charge on any atom is -0.444 e. The first-order valence-electron chi connectivity index (χ1n) is 8.00. The van der Waals surface area contributed by atoms with Crippen molar-refractivity contribution in [3.8, 4) is 0 Å². The number of nitrogens with zero attached hydrogens (tertiary/aromatic N) is 2. The fraction of sp³-hybridized carbons (Fsp3) is 0.647. The van der Waals surface area contributed by atoms with Gasteiger partial charge in [0.25, 0.3) is 5.56 Å². The Balaban J connectivity index is 1.93. The molecule has 5 nitrogen and oxygen atoms in total. The second kappa shape index (κ2) is 7.07. The van der Waals surface area contributed by atoms with Gasteiger partial charge in [0.1, 0.15) is 5.60 Å². The number of pyridine rings is 1. The van der Waals surface area contributed by atoms with Crippen molar-refractivity contribution in [2.24, 2.45) is 5.92 Å². The number of ether oxygens (including phenoxy) is 1. The van der Waals surface area contributed by atoms with Gasteiger partial charge in [-0.2, -0.15) is 0 Å². The first-order valence-corrected chi connectivity index (χ1v) is 8.79. The summed E-state index contributed by atoms with van der Waals surface area (Å²) in [5, 5.41) is 0. The molecule has 128 valence electrons. The van der Waals surface area contributed by atoms with E-state index in [0.717, 1.165) is 18.4 Å². The van der Waals surface area contributed by atoms with Crippen molar-refractivity contribution in [2.75, 3.05) is 13.1 Å². The van der Waals surface area contributed by atoms with Crippen molar-refractivity contribution in [3.63, 3.8) is 0 Å². The van der Waals surface area contributed by atoms with Crippen LogP contribution in [0.1, 0.15) is 39.2 Å². The first kappa shape index (κ1) is 18.0. The quantitative estimate of drug-likeness (QED) is 0.782. The summed E-state index contributed by atoms with van der Waals surface area (Å²) in [5.41, 5.74) is 0.600. The molecule has 6 heteroatoms. The highest BCUT2D eigenvalue weighted by atomic mass is 79.9. The van der Waals surface area contributed by atoms with Gasteiger partial charge in [0, 0.05) is 25.8 Å². The lowest BCUT2D eigenvalue weighted by atomic mass is 9.97. The molecule has 2 rings (SSSR count). The molecule has 0 saturated carbocycles. The number of hydrogen-bond donors (Lipinski definition) is 0. The summed E-state index contributed by atoms with van der Waals surface area (Å²) in [6, 6.07) is 1.84. The van der Waals surface area contributed by atoms with E-state index in [1.54, 1.807) is 9.47 Å². The number of aromatic nitrogens is 1. The Morgan fingerprint density at radius 2 is 1.96 bits per heavy atom. The number of rotatable bonds is 2. The van der Waals surface area contributed by atoms with E-state index < -0.39 is 5.60 Å². The number of carbonyl (C=O) groups is 1. The zero-order valence-corrected chi connectivity index (χ0v) is 15.9. The normalized spacial score (nSPS) is 16.5. The summed E-state index contributed by atoms with van der Waals surface area (Å²) in [6.45, 7) is 9.66. The average molecular weight is 385 g/mol. The highest BCUT2D eigenvalue weighted by Gasteiger charge is 2.27. The Kier molecular flexibility index (Phi) is 5.55. The summed E-state index contributed by atoms with van der Waals surface area (Å²) < 4.78 is 7.78. The highest BCUT2D eigenvalue weighted by molar-refractivity contribution is 9.10. The number of piperidine rings is 1. The predicted molar refractivity (Wildman–Crippen MR) is 93.7 cm³/mol. The largest absolute Gasteiger partial charge is 0.444 e. The van der Waals surface area contributed by atoms with Crippen LogP contribution in [0.5, 0.6) is 0 Å². The van der Waals surface area contributed by atoms with E-state index in [1.807, 2.05) is 40.0 Å². The zero-order valence-electron chi connectivity index (χ0n) is 14.3. The van der Waals surface area contributed by atoms with Crippen molar-refractivity contribution in [2.45, 2.75) is 52.7 Å². The van der Waals surface area contributed by atoms with Gasteiger partial charge < -0.3 is 14.2 Å². The summed E-state index contributed by atoms with van der Waals surface area (Å²) in [6.07, 6.45) is 3.42. The Morgan fingerprint density at radius 1 is 1.35 bits per heavy atom. The van der Waals surface area contributed by atoms with Gasteiger partial charge in [-0.3, -0.25) is 4.79 Å². The van der Waals surface area contributed by atoms with Gasteiger partial charge in [0.2, 0.25) is 0 Å². The Hall–Kier alpha value is -1.30. The van der Waals surface area contributed by atoms with Crippen LogP contribution in [-0.4, -0.2) is 34.3 Å². The van der Waals surface area contributed by atoms with Crippen molar-refractivity contribution < 1.29 is 9.53 Å². The van der Waals surface area contributed by atoms with Crippen LogP contribution >= 0.6 is 15.9 Å². The fourth-order valence-corrected chi connectivity index (χ4v) is 3.37. The molecule has 1 aromatic rings. The second-order valence-corrected chi connectivity index (χ2v) is 8.09. The minimum atomic E-state index is -0.463. The van der Waals surface area contributed by atoms with E-state index in [4.69, 9.17) is 4.74 Å². The molecule has 0 N–H and O–H groups in total. The average Bonchev–Trinajstić information content (AvgIpc) is 2.43. The smallest absolute Gasteiger partial charge is 0.410 e. The summed E-state index contributed by atoms with van der Waals surface area (Å²) >= 11 is 3.32. The Labute approximate surface area is 145 Å². The van der Waals surface area contributed by atoms with E-state index in [-0.39, 0.29) is 11.7 Å². The van der Waals surface area contributed by atoms with Gasteiger partial charge in [0.05, 0.1) is 4.47 Å². The molecule has 1 aliphatic rings. The predicted octanol–water partition coefficient (Wildman–Crippen LogP) is 3.57. The van der Waals surface area contributed by atoms with Crippen LogP contribution in [-0.2, 0) is 11.3 Å². The monoisotopic (exact) mass is 384 g/mol. The molecule has 1 aliphatic heterocycles. The lowest BCUT2D eigenvalue weighted by Gasteiger charge is -2.33. The number of carbonyl (C=O) groups excluding carboxylic acids is 1. The van der Waals surface area contributed by atoms with Gasteiger partial charge >= 0.3 is 6.09 Å². The lowest BCUT2D eigenvalue weighted by molar-refractivity contribution is 0.0178. The number of hydrogen-bond acceptors (Lipinski definition) is 3. The van der Waals surface area contributed by atoms with Crippen LogP contribution in [0.25, 0.3) is 0 Å². The third-order valence-corrected chi connectivity index (χ3v) is 4.47. The van der Waals surface area contributed by atoms with Crippen molar-refractivity contribution >= 4 is 22.0 Å². The van der Waals surface area contributed by atoms with Gasteiger partial charge in [-0.15, -0.1) is 0 Å². The summed E-state index contributed by atoms with van der Waals surface area (Å²) in [7, 11) is 0. The Morgan fingerprint density at radius 3 is 2.52 bits per heavy atom. The minimum absolute atomic E-state index is 0.00479. The maximum absolute atomic E-state index is 12.2. The third-order valence-electron chi connectivity index (χ3n) is 3.90. The van der Waals surface area contributed by atoms with Crippen LogP contribution in [0.2, 0.25) is 0 Å². The first-order chi connectivity index (χ1) is 10.7. The molecule has 0 atom stereocenters. The molecular weight excluding hydrogens is 360 g/mol. The molecule has 1 amide bonds. The van der Waals surface area contributed by atoms with E-state index in [9.17, 15) is 9.59 Å². The Bertz CT molecular complexity index is 626. The summed E-state index contributed by atoms with van der Waals surface area (Å²) in [4.78, 5) is 26.0. The van der Waals surface area contributed by atoms with E-state index >= 15 is 0 Å². The molecule has 0 bridgehead atoms. The molecular formula is C17H25BrN2O3. The van der Waals surface area contributed by atoms with Gasteiger partial charge in [-0.05, 0) is 74.0 Å².